The second-order valence-electron chi connectivity index (χ2n) is 8.08. The number of para-hydroxylation sites is 2. The number of hydrogen-bond donors (Lipinski definition) is 1. The van der Waals surface area contributed by atoms with E-state index >= 15 is 0 Å². The maximum Gasteiger partial charge on any atom is 0.269 e. The largest absolute Gasteiger partial charge is 0.378 e. The van der Waals surface area contributed by atoms with Gasteiger partial charge in [-0.3, -0.25) is 15.0 Å². The number of non-ortho nitro benzene ring substituents is 1. The summed E-state index contributed by atoms with van der Waals surface area (Å²) in [6, 6.07) is 25.8. The molecule has 4 aromatic rings. The normalized spacial score (nSPS) is 13.5. The molecule has 0 atom stereocenters. The molecule has 37 heavy (non-hydrogen) atoms. The first kappa shape index (κ1) is 23.8. The Morgan fingerprint density at radius 2 is 1.51 bits per heavy atom. The molecule has 11 nitrogen and oxygen atoms in total. The summed E-state index contributed by atoms with van der Waals surface area (Å²) in [5.74, 6) is 1.21. The van der Waals surface area contributed by atoms with E-state index in [9.17, 15) is 10.1 Å². The molecule has 0 bridgehead atoms. The van der Waals surface area contributed by atoms with Gasteiger partial charge in [0, 0.05) is 36.6 Å². The number of nitro benzene ring substituents is 1. The minimum atomic E-state index is -0.441. The lowest BCUT2D eigenvalue weighted by Crippen LogP contribution is -2.37. The molecule has 1 aromatic heterocycles. The van der Waals surface area contributed by atoms with E-state index in [-0.39, 0.29) is 11.6 Å². The molecular weight excluding hydrogens is 472 g/mol. The van der Waals surface area contributed by atoms with Gasteiger partial charge < -0.3 is 9.64 Å². The molecule has 2 heterocycles. The predicted octanol–water partition coefficient (Wildman–Crippen LogP) is 4.53. The lowest BCUT2D eigenvalue weighted by molar-refractivity contribution is -0.384. The van der Waals surface area contributed by atoms with Gasteiger partial charge in [-0.2, -0.15) is 20.1 Å². The monoisotopic (exact) mass is 496 g/mol. The van der Waals surface area contributed by atoms with Crippen molar-refractivity contribution in [2.45, 2.75) is 0 Å². The molecule has 3 aromatic carbocycles. The van der Waals surface area contributed by atoms with Crippen LogP contribution in [0.25, 0.3) is 0 Å². The number of nitrogens with zero attached hydrogens (tertiary/aromatic N) is 7. The van der Waals surface area contributed by atoms with Crippen LogP contribution in [0.15, 0.2) is 90.0 Å². The van der Waals surface area contributed by atoms with Crippen molar-refractivity contribution in [3.05, 3.63) is 101 Å². The Morgan fingerprint density at radius 1 is 0.892 bits per heavy atom. The van der Waals surface area contributed by atoms with Crippen LogP contribution in [0.5, 0.6) is 0 Å². The molecule has 5 rings (SSSR count). The Kier molecular flexibility index (Phi) is 7.23. The number of morpholine rings is 1. The first-order valence-corrected chi connectivity index (χ1v) is 11.7. The highest BCUT2D eigenvalue weighted by Gasteiger charge is 2.21. The summed E-state index contributed by atoms with van der Waals surface area (Å²) < 4.78 is 5.50. The molecule has 1 fully saturated rings. The van der Waals surface area contributed by atoms with Gasteiger partial charge >= 0.3 is 0 Å². The van der Waals surface area contributed by atoms with E-state index in [0.717, 1.165) is 11.4 Å². The van der Waals surface area contributed by atoms with Gasteiger partial charge in [0.05, 0.1) is 24.4 Å². The van der Waals surface area contributed by atoms with Crippen LogP contribution in [0.1, 0.15) is 5.56 Å². The lowest BCUT2D eigenvalue weighted by Gasteiger charge is -2.28. The van der Waals surface area contributed by atoms with Crippen molar-refractivity contribution in [2.75, 3.05) is 41.5 Å². The molecular formula is C26H24N8O3. The zero-order valence-corrected chi connectivity index (χ0v) is 19.8. The minimum Gasteiger partial charge on any atom is -0.378 e. The van der Waals surface area contributed by atoms with Crippen LogP contribution in [-0.4, -0.2) is 52.4 Å². The average molecular weight is 497 g/mol. The molecule has 1 saturated heterocycles. The van der Waals surface area contributed by atoms with Crippen molar-refractivity contribution in [1.29, 1.82) is 0 Å². The molecule has 0 spiro atoms. The molecule has 0 unspecified atom stereocenters. The molecule has 186 valence electrons. The third-order valence-corrected chi connectivity index (χ3v) is 5.62. The summed E-state index contributed by atoms with van der Waals surface area (Å²) >= 11 is 0. The molecule has 1 aliphatic heterocycles. The number of anilines is 5. The average Bonchev–Trinajstić information content (AvgIpc) is 2.95. The molecule has 0 amide bonds. The second kappa shape index (κ2) is 11.2. The highest BCUT2D eigenvalue weighted by atomic mass is 16.6. The summed E-state index contributed by atoms with van der Waals surface area (Å²) in [6.45, 7) is 2.49. The topological polar surface area (TPSA) is 122 Å². The van der Waals surface area contributed by atoms with Crippen LogP contribution in [0, 0.1) is 10.1 Å². The number of hydrazone groups is 1. The third kappa shape index (κ3) is 5.85. The Bertz CT molecular complexity index is 1320. The molecule has 0 saturated carbocycles. The molecule has 11 heteroatoms. The maximum absolute atomic E-state index is 10.9. The van der Waals surface area contributed by atoms with Crippen molar-refractivity contribution >= 4 is 41.1 Å². The van der Waals surface area contributed by atoms with Crippen molar-refractivity contribution < 1.29 is 9.66 Å². The van der Waals surface area contributed by atoms with Crippen LogP contribution >= 0.6 is 0 Å². The lowest BCUT2D eigenvalue weighted by atomic mass is 10.2. The smallest absolute Gasteiger partial charge is 0.269 e. The zero-order chi connectivity index (χ0) is 25.5. The fourth-order valence-electron chi connectivity index (χ4n) is 3.79. The van der Waals surface area contributed by atoms with Crippen LogP contribution in [0.4, 0.5) is 34.9 Å². The number of nitrogens with one attached hydrogen (secondary N) is 1. The van der Waals surface area contributed by atoms with Gasteiger partial charge in [-0.25, -0.2) is 5.43 Å². The quantitative estimate of drug-likeness (QED) is 0.213. The molecule has 1 N–H and O–H groups in total. The summed E-state index contributed by atoms with van der Waals surface area (Å²) in [5, 5.41) is 15.1. The first-order chi connectivity index (χ1) is 18.2. The van der Waals surface area contributed by atoms with Gasteiger partial charge in [0.2, 0.25) is 17.8 Å². The predicted molar refractivity (Wildman–Crippen MR) is 142 cm³/mol. The standard InChI is InChI=1S/C26H24N8O3/c35-34(36)23-13-11-20(12-14-23)19-27-31-24-28-25(32-15-17-37-18-16-32)30-26(29-24)33(21-7-3-1-4-8-21)22-9-5-2-6-10-22/h1-14,19H,15-18H2,(H,28,29,30,31). The number of aromatic nitrogens is 3. The second-order valence-corrected chi connectivity index (χ2v) is 8.08. The Labute approximate surface area is 213 Å². The van der Waals surface area contributed by atoms with Crippen molar-refractivity contribution in [1.82, 2.24) is 15.0 Å². The van der Waals surface area contributed by atoms with E-state index in [1.54, 1.807) is 18.3 Å². The van der Waals surface area contributed by atoms with Crippen molar-refractivity contribution in [3.8, 4) is 0 Å². The number of hydrogen-bond acceptors (Lipinski definition) is 10. The Hall–Kier alpha value is -4.90. The van der Waals surface area contributed by atoms with E-state index in [4.69, 9.17) is 9.72 Å². The molecule has 0 aliphatic carbocycles. The summed E-state index contributed by atoms with van der Waals surface area (Å²) in [6.07, 6.45) is 1.55. The van der Waals surface area contributed by atoms with E-state index in [0.29, 0.717) is 43.8 Å². The molecule has 0 radical (unpaired) electrons. The number of rotatable bonds is 8. The zero-order valence-electron chi connectivity index (χ0n) is 19.8. The van der Waals surface area contributed by atoms with Crippen molar-refractivity contribution in [2.24, 2.45) is 5.10 Å². The van der Waals surface area contributed by atoms with E-state index < -0.39 is 4.92 Å². The minimum absolute atomic E-state index is 0.0179. The third-order valence-electron chi connectivity index (χ3n) is 5.62. The first-order valence-electron chi connectivity index (χ1n) is 11.7. The van der Waals surface area contributed by atoms with E-state index in [1.165, 1.54) is 12.1 Å². The summed E-state index contributed by atoms with van der Waals surface area (Å²) in [7, 11) is 0. The van der Waals surface area contributed by atoms with Gasteiger partial charge in [-0.05, 0) is 42.0 Å². The summed E-state index contributed by atoms with van der Waals surface area (Å²) in [5.41, 5.74) is 5.40. The van der Waals surface area contributed by atoms with Crippen LogP contribution in [-0.2, 0) is 4.74 Å². The number of nitro groups is 1. The molecule has 1 aliphatic rings. The number of ether oxygens (including phenoxy) is 1. The van der Waals surface area contributed by atoms with Crippen LogP contribution in [0.3, 0.4) is 0 Å². The van der Waals surface area contributed by atoms with Gasteiger partial charge in [-0.1, -0.05) is 36.4 Å². The van der Waals surface area contributed by atoms with Crippen LogP contribution < -0.4 is 15.2 Å². The van der Waals surface area contributed by atoms with E-state index in [1.807, 2.05) is 70.5 Å². The van der Waals surface area contributed by atoms with E-state index in [2.05, 4.69) is 20.5 Å². The fraction of sp³-hybridized carbons (Fsp3) is 0.154. The van der Waals surface area contributed by atoms with Crippen LogP contribution in [0.2, 0.25) is 0 Å². The summed E-state index contributed by atoms with van der Waals surface area (Å²) in [4.78, 5) is 28.6. The fourth-order valence-corrected chi connectivity index (χ4v) is 3.79. The van der Waals surface area contributed by atoms with Gasteiger partial charge in [0.1, 0.15) is 0 Å². The van der Waals surface area contributed by atoms with Gasteiger partial charge in [-0.15, -0.1) is 0 Å². The highest BCUT2D eigenvalue weighted by Crippen LogP contribution is 2.33. The van der Waals surface area contributed by atoms with Gasteiger partial charge in [0.25, 0.3) is 5.69 Å². The van der Waals surface area contributed by atoms with Gasteiger partial charge in [0.15, 0.2) is 0 Å². The maximum atomic E-state index is 10.9. The Morgan fingerprint density at radius 3 is 2.11 bits per heavy atom. The SMILES string of the molecule is O=[N+]([O-])c1ccc(C=NNc2nc(N3CCOCC3)nc(N(c3ccccc3)c3ccccc3)n2)cc1. The number of benzene rings is 3. The Balaban J connectivity index is 1.50. The van der Waals surface area contributed by atoms with Crippen molar-refractivity contribution in [3.63, 3.8) is 0 Å². The highest BCUT2D eigenvalue weighted by molar-refractivity contribution is 5.80.